The molecule has 2 rings (SSSR count). The van der Waals surface area contributed by atoms with Gasteiger partial charge in [0.05, 0.1) is 0 Å². The van der Waals surface area contributed by atoms with Crippen molar-refractivity contribution in [2.24, 2.45) is 11.3 Å². The molecule has 0 bridgehead atoms. The lowest BCUT2D eigenvalue weighted by molar-refractivity contribution is 0.00649. The van der Waals surface area contributed by atoms with Crippen LogP contribution in [0, 0.1) is 11.3 Å². The van der Waals surface area contributed by atoms with Crippen LogP contribution in [0.2, 0.25) is 0 Å². The molecule has 2 aliphatic rings. The highest BCUT2D eigenvalue weighted by atomic mass is 16.6. The van der Waals surface area contributed by atoms with E-state index in [4.69, 9.17) is 4.74 Å². The summed E-state index contributed by atoms with van der Waals surface area (Å²) >= 11 is 0. The van der Waals surface area contributed by atoms with Gasteiger partial charge in [0, 0.05) is 25.7 Å². The number of hydrogen-bond acceptors (Lipinski definition) is 3. The predicted molar refractivity (Wildman–Crippen MR) is 94.6 cm³/mol. The third-order valence-corrected chi connectivity index (χ3v) is 5.31. The maximum Gasteiger partial charge on any atom is 0.410 e. The van der Waals surface area contributed by atoms with Crippen LogP contribution >= 0.6 is 0 Å². The third-order valence-electron chi connectivity index (χ3n) is 5.31. The van der Waals surface area contributed by atoms with E-state index in [1.165, 1.54) is 25.9 Å². The van der Waals surface area contributed by atoms with Gasteiger partial charge in [-0.15, -0.1) is 0 Å². The van der Waals surface area contributed by atoms with Crippen molar-refractivity contribution in [1.82, 2.24) is 9.80 Å². The number of nitrogens with zero attached hydrogens (tertiary/aromatic N) is 2. The zero-order valence-electron chi connectivity index (χ0n) is 16.0. The molecule has 1 amide bonds. The molecular weight excluding hydrogens is 288 g/mol. The van der Waals surface area contributed by atoms with E-state index in [1.807, 2.05) is 25.7 Å². The van der Waals surface area contributed by atoms with Crippen molar-refractivity contribution in [2.45, 2.75) is 78.9 Å². The number of carbonyl (C=O) groups is 1. The molecule has 2 fully saturated rings. The van der Waals surface area contributed by atoms with Gasteiger partial charge in [-0.05, 0) is 64.3 Å². The molecule has 0 aromatic rings. The Kier molecular flexibility index (Phi) is 5.65. The van der Waals surface area contributed by atoms with E-state index in [-0.39, 0.29) is 6.09 Å². The summed E-state index contributed by atoms with van der Waals surface area (Å²) in [6, 6.07) is 0.638. The number of ether oxygens (including phenoxy) is 1. The van der Waals surface area contributed by atoms with Crippen molar-refractivity contribution >= 4 is 6.09 Å². The van der Waals surface area contributed by atoms with E-state index in [1.54, 1.807) is 0 Å². The van der Waals surface area contributed by atoms with Crippen LogP contribution in [0.5, 0.6) is 0 Å². The summed E-state index contributed by atoms with van der Waals surface area (Å²) in [4.78, 5) is 16.7. The minimum Gasteiger partial charge on any atom is -0.444 e. The van der Waals surface area contributed by atoms with Crippen LogP contribution in [0.3, 0.4) is 0 Å². The molecule has 2 saturated heterocycles. The summed E-state index contributed by atoms with van der Waals surface area (Å²) in [5, 5.41) is 0. The van der Waals surface area contributed by atoms with Gasteiger partial charge >= 0.3 is 6.09 Å². The van der Waals surface area contributed by atoms with Crippen molar-refractivity contribution in [2.75, 3.05) is 26.2 Å². The highest BCUT2D eigenvalue weighted by Gasteiger charge is 2.34. The average molecular weight is 325 g/mol. The molecule has 0 saturated carbocycles. The van der Waals surface area contributed by atoms with Gasteiger partial charge in [-0.2, -0.15) is 0 Å². The van der Waals surface area contributed by atoms with E-state index < -0.39 is 5.60 Å². The second-order valence-electron chi connectivity index (χ2n) is 9.40. The first kappa shape index (κ1) is 18.6. The van der Waals surface area contributed by atoms with Crippen LogP contribution in [0.4, 0.5) is 4.79 Å². The van der Waals surface area contributed by atoms with Gasteiger partial charge < -0.3 is 9.64 Å². The number of rotatable bonds is 1. The predicted octanol–water partition coefficient (Wildman–Crippen LogP) is 4.14. The highest BCUT2D eigenvalue weighted by Crippen LogP contribution is 2.35. The molecule has 23 heavy (non-hydrogen) atoms. The first-order chi connectivity index (χ1) is 10.6. The molecule has 0 aromatic carbocycles. The van der Waals surface area contributed by atoms with E-state index in [0.717, 1.165) is 31.8 Å². The van der Waals surface area contributed by atoms with Crippen molar-refractivity contribution in [3.05, 3.63) is 0 Å². The summed E-state index contributed by atoms with van der Waals surface area (Å²) < 4.78 is 5.49. The molecule has 0 spiro atoms. The Morgan fingerprint density at radius 3 is 2.09 bits per heavy atom. The molecule has 0 N–H and O–H groups in total. The number of likely N-dealkylation sites (tertiary alicyclic amines) is 2. The lowest BCUT2D eigenvalue weighted by Gasteiger charge is -2.45. The normalized spacial score (nSPS) is 25.5. The number of hydrogen-bond donors (Lipinski definition) is 0. The van der Waals surface area contributed by atoms with Gasteiger partial charge in [-0.3, -0.25) is 4.90 Å². The van der Waals surface area contributed by atoms with E-state index in [2.05, 4.69) is 25.7 Å². The molecule has 0 aromatic heterocycles. The minimum atomic E-state index is -0.402. The second-order valence-corrected chi connectivity index (χ2v) is 9.40. The van der Waals surface area contributed by atoms with Gasteiger partial charge in [0.25, 0.3) is 0 Å². The molecule has 1 unspecified atom stereocenters. The van der Waals surface area contributed by atoms with Gasteiger partial charge in [0.15, 0.2) is 0 Å². The zero-order chi connectivity index (χ0) is 17.3. The van der Waals surface area contributed by atoms with E-state index >= 15 is 0 Å². The Hall–Kier alpha value is -0.770. The molecule has 1 atom stereocenters. The standard InChI is InChI=1S/C19H36N2O2/c1-18(2,3)15-8-7-11-21(14-15)16-9-12-20(13-10-16)17(22)23-19(4,5)6/h15-16H,7-14H2,1-6H3. The fourth-order valence-corrected chi connectivity index (χ4v) is 3.79. The van der Waals surface area contributed by atoms with Gasteiger partial charge in [0.2, 0.25) is 0 Å². The Morgan fingerprint density at radius 2 is 1.57 bits per heavy atom. The first-order valence-electron chi connectivity index (χ1n) is 9.28. The average Bonchev–Trinajstić information content (AvgIpc) is 2.45. The Morgan fingerprint density at radius 1 is 0.957 bits per heavy atom. The summed E-state index contributed by atoms with van der Waals surface area (Å²) in [5.74, 6) is 0.792. The highest BCUT2D eigenvalue weighted by molar-refractivity contribution is 5.68. The van der Waals surface area contributed by atoms with Crippen molar-refractivity contribution in [3.8, 4) is 0 Å². The largest absolute Gasteiger partial charge is 0.444 e. The summed E-state index contributed by atoms with van der Waals surface area (Å²) in [6.07, 6.45) is 4.68. The zero-order valence-corrected chi connectivity index (χ0v) is 16.0. The van der Waals surface area contributed by atoms with E-state index in [9.17, 15) is 4.79 Å². The molecule has 2 heterocycles. The SMILES string of the molecule is CC(C)(C)OC(=O)N1CCC(N2CCCC(C(C)(C)C)C2)CC1. The van der Waals surface area contributed by atoms with Crippen molar-refractivity contribution in [3.63, 3.8) is 0 Å². The van der Waals surface area contributed by atoms with Crippen LogP contribution in [-0.4, -0.2) is 53.7 Å². The first-order valence-corrected chi connectivity index (χ1v) is 9.28. The van der Waals surface area contributed by atoms with E-state index in [0.29, 0.717) is 11.5 Å². The third kappa shape index (κ3) is 5.37. The topological polar surface area (TPSA) is 32.8 Å². The number of piperidine rings is 2. The van der Waals surface area contributed by atoms with Crippen LogP contribution in [0.25, 0.3) is 0 Å². The van der Waals surface area contributed by atoms with Gasteiger partial charge in [-0.1, -0.05) is 20.8 Å². The van der Waals surface area contributed by atoms with Crippen LogP contribution in [-0.2, 0) is 4.74 Å². The summed E-state index contributed by atoms with van der Waals surface area (Å²) in [7, 11) is 0. The molecule has 0 aliphatic carbocycles. The fraction of sp³-hybridized carbons (Fsp3) is 0.947. The maximum atomic E-state index is 12.2. The molecule has 134 valence electrons. The van der Waals surface area contributed by atoms with Crippen LogP contribution < -0.4 is 0 Å². The molecule has 0 radical (unpaired) electrons. The fourth-order valence-electron chi connectivity index (χ4n) is 3.79. The molecule has 2 aliphatic heterocycles. The smallest absolute Gasteiger partial charge is 0.410 e. The summed E-state index contributed by atoms with van der Waals surface area (Å²) in [5.41, 5.74) is -0.00335. The van der Waals surface area contributed by atoms with Crippen LogP contribution in [0.15, 0.2) is 0 Å². The van der Waals surface area contributed by atoms with Gasteiger partial charge in [0.1, 0.15) is 5.60 Å². The molecule has 4 nitrogen and oxygen atoms in total. The lowest BCUT2D eigenvalue weighted by atomic mass is 9.76. The Bertz CT molecular complexity index is 401. The minimum absolute atomic E-state index is 0.151. The van der Waals surface area contributed by atoms with Crippen molar-refractivity contribution in [1.29, 1.82) is 0 Å². The Labute approximate surface area is 142 Å². The Balaban J connectivity index is 1.83. The van der Waals surface area contributed by atoms with Crippen molar-refractivity contribution < 1.29 is 9.53 Å². The maximum absolute atomic E-state index is 12.2. The quantitative estimate of drug-likeness (QED) is 0.726. The second kappa shape index (κ2) is 7.00. The summed E-state index contributed by atoms with van der Waals surface area (Å²) in [6.45, 7) is 17.0. The monoisotopic (exact) mass is 324 g/mol. The lowest BCUT2D eigenvalue weighted by Crippen LogP contribution is -2.51. The number of amides is 1. The molecule has 4 heteroatoms. The number of carbonyl (C=O) groups excluding carboxylic acids is 1. The molecular formula is C19H36N2O2. The van der Waals surface area contributed by atoms with Gasteiger partial charge in [-0.25, -0.2) is 4.79 Å². The van der Waals surface area contributed by atoms with Crippen LogP contribution in [0.1, 0.15) is 67.2 Å².